The molecule has 430 valence electrons. The number of ether oxygens (including phenoxy) is 6. The van der Waals surface area contributed by atoms with Crippen LogP contribution in [0.5, 0.6) is 0 Å². The zero-order chi connectivity index (χ0) is 53.4. The van der Waals surface area contributed by atoms with Gasteiger partial charge in [0.1, 0.15) is 73.2 Å². The summed E-state index contributed by atoms with van der Waals surface area (Å²) < 4.78 is 34.1. The van der Waals surface area contributed by atoms with Crippen LogP contribution >= 0.6 is 0 Å². The number of carbonyl (C=O) groups is 1. The smallest absolute Gasteiger partial charge is 0.220 e. The molecule has 19 nitrogen and oxygen atoms in total. The van der Waals surface area contributed by atoms with Crippen LogP contribution in [-0.4, -0.2) is 193 Å². The van der Waals surface area contributed by atoms with E-state index in [4.69, 9.17) is 28.4 Å². The lowest BCUT2D eigenvalue weighted by Crippen LogP contribution is -2.66. The maximum absolute atomic E-state index is 13.3. The van der Waals surface area contributed by atoms with Gasteiger partial charge >= 0.3 is 0 Å². The average Bonchev–Trinajstić information content (AvgIpc) is 3.39. The Morgan fingerprint density at radius 2 is 0.849 bits per heavy atom. The fourth-order valence-electron chi connectivity index (χ4n) is 9.84. The average molecular weight is 1050 g/mol. The van der Waals surface area contributed by atoms with Crippen molar-refractivity contribution in [2.75, 3.05) is 26.4 Å². The number of hydrogen-bond acceptors (Lipinski definition) is 18. The molecule has 0 aromatic rings. The number of aliphatic hydroxyl groups excluding tert-OH is 11. The van der Waals surface area contributed by atoms with Gasteiger partial charge in [-0.05, 0) is 19.3 Å². The van der Waals surface area contributed by atoms with E-state index in [9.17, 15) is 61.0 Å². The van der Waals surface area contributed by atoms with Gasteiger partial charge in [-0.25, -0.2) is 0 Å². The molecule has 3 fully saturated rings. The molecule has 0 bridgehead atoms. The largest absolute Gasteiger partial charge is 0.394 e. The van der Waals surface area contributed by atoms with Gasteiger partial charge < -0.3 is 89.9 Å². The van der Waals surface area contributed by atoms with Gasteiger partial charge in [0, 0.05) is 6.42 Å². The predicted octanol–water partition coefficient (Wildman–Crippen LogP) is 3.82. The highest BCUT2D eigenvalue weighted by Crippen LogP contribution is 2.33. The van der Waals surface area contributed by atoms with E-state index in [0.717, 1.165) is 44.9 Å². The van der Waals surface area contributed by atoms with Crippen molar-refractivity contribution < 1.29 is 89.4 Å². The van der Waals surface area contributed by atoms with Gasteiger partial charge in [-0.15, -0.1) is 0 Å². The van der Waals surface area contributed by atoms with E-state index in [2.05, 4.69) is 19.2 Å². The Bertz CT molecular complexity index is 1400. The lowest BCUT2D eigenvalue weighted by Gasteiger charge is -2.48. The summed E-state index contributed by atoms with van der Waals surface area (Å²) in [4.78, 5) is 13.3. The molecule has 0 spiro atoms. The molecule has 3 rings (SSSR count). The minimum absolute atomic E-state index is 0.248. The van der Waals surface area contributed by atoms with Crippen LogP contribution in [0.4, 0.5) is 0 Å². The van der Waals surface area contributed by atoms with Gasteiger partial charge in [-0.3, -0.25) is 4.79 Å². The number of carbonyl (C=O) groups excluding carboxylic acids is 1. The number of aliphatic hydroxyl groups is 11. The number of allylic oxidation sites excluding steroid dienone is 1. The molecular weight excluding hydrogens is 951 g/mol. The SMILES string of the molecule is CCCCCCCCCC/C=C/C(O)C(COC1OC(CO)C(OC2OC(CO)C(OC3OC(CO)C(O)C(O)C3O)C(O)C2O)C(O)C1O)NC(=O)CCCCCCCCCCCCCCCCCCCC. The minimum atomic E-state index is -1.97. The fraction of sp³-hybridized carbons (Fsp3) is 0.944. The second kappa shape index (κ2) is 39.0. The zero-order valence-corrected chi connectivity index (χ0v) is 44.4. The first kappa shape index (κ1) is 65.8. The number of hydrogen-bond donors (Lipinski definition) is 12. The van der Waals surface area contributed by atoms with Crippen molar-refractivity contribution in [1.29, 1.82) is 0 Å². The summed E-state index contributed by atoms with van der Waals surface area (Å²) in [6.45, 7) is 1.69. The third kappa shape index (κ3) is 24.0. The molecule has 0 aromatic heterocycles. The first-order valence-electron chi connectivity index (χ1n) is 28.4. The van der Waals surface area contributed by atoms with Gasteiger partial charge in [0.2, 0.25) is 5.91 Å². The third-order valence-corrected chi connectivity index (χ3v) is 14.6. The summed E-state index contributed by atoms with van der Waals surface area (Å²) in [5.41, 5.74) is 0. The highest BCUT2D eigenvalue weighted by atomic mass is 16.8. The Balaban J connectivity index is 1.50. The van der Waals surface area contributed by atoms with Crippen molar-refractivity contribution in [2.24, 2.45) is 0 Å². The summed E-state index contributed by atoms with van der Waals surface area (Å²) in [6.07, 6.45) is 9.27. The predicted molar refractivity (Wildman–Crippen MR) is 273 cm³/mol. The Labute approximate surface area is 436 Å². The number of unbranched alkanes of at least 4 members (excludes halogenated alkanes) is 25. The normalized spacial score (nSPS) is 31.8. The van der Waals surface area contributed by atoms with E-state index in [0.29, 0.717) is 6.42 Å². The zero-order valence-electron chi connectivity index (χ0n) is 44.4. The van der Waals surface area contributed by atoms with Crippen molar-refractivity contribution in [1.82, 2.24) is 5.32 Å². The van der Waals surface area contributed by atoms with E-state index < -0.39 is 124 Å². The first-order valence-corrected chi connectivity index (χ1v) is 28.4. The van der Waals surface area contributed by atoms with E-state index in [-0.39, 0.29) is 18.9 Å². The van der Waals surface area contributed by atoms with Crippen molar-refractivity contribution in [3.63, 3.8) is 0 Å². The number of amides is 1. The molecule has 3 heterocycles. The molecule has 3 aliphatic rings. The lowest BCUT2D eigenvalue weighted by atomic mass is 9.96. The first-order chi connectivity index (χ1) is 35.3. The Kier molecular flexibility index (Phi) is 35.1. The Morgan fingerprint density at radius 3 is 1.29 bits per heavy atom. The molecule has 0 radical (unpaired) electrons. The van der Waals surface area contributed by atoms with Gasteiger partial charge in [0.25, 0.3) is 0 Å². The summed E-state index contributed by atoms with van der Waals surface area (Å²) in [5, 5.41) is 120. The van der Waals surface area contributed by atoms with Gasteiger partial charge in [0.05, 0.1) is 38.6 Å². The van der Waals surface area contributed by atoms with E-state index in [1.54, 1.807) is 6.08 Å². The molecular formula is C54H101NO18. The molecule has 3 saturated heterocycles. The fourth-order valence-corrected chi connectivity index (χ4v) is 9.84. The van der Waals surface area contributed by atoms with Crippen LogP contribution in [0, 0.1) is 0 Å². The van der Waals surface area contributed by atoms with Gasteiger partial charge in [0.15, 0.2) is 18.9 Å². The summed E-state index contributed by atoms with van der Waals surface area (Å²) >= 11 is 0. The van der Waals surface area contributed by atoms with Crippen molar-refractivity contribution in [3.05, 3.63) is 12.2 Å². The summed E-state index contributed by atoms with van der Waals surface area (Å²) in [7, 11) is 0. The van der Waals surface area contributed by atoms with Crippen molar-refractivity contribution in [3.8, 4) is 0 Å². The van der Waals surface area contributed by atoms with Crippen molar-refractivity contribution >= 4 is 5.91 Å². The molecule has 12 N–H and O–H groups in total. The number of rotatable bonds is 41. The van der Waals surface area contributed by atoms with Crippen LogP contribution in [0.15, 0.2) is 12.2 Å². The maximum atomic E-state index is 13.3. The molecule has 0 aliphatic carbocycles. The Hall–Kier alpha value is -1.47. The van der Waals surface area contributed by atoms with Crippen LogP contribution in [-0.2, 0) is 33.2 Å². The monoisotopic (exact) mass is 1050 g/mol. The van der Waals surface area contributed by atoms with Gasteiger partial charge in [-0.2, -0.15) is 0 Å². The summed E-state index contributed by atoms with van der Waals surface area (Å²) in [6, 6.07) is -0.965. The summed E-state index contributed by atoms with van der Waals surface area (Å²) in [5.74, 6) is -0.275. The second-order valence-electron chi connectivity index (χ2n) is 20.8. The molecule has 73 heavy (non-hydrogen) atoms. The standard InChI is InChI=1S/C54H101NO18/c1-3-5-7-9-11-13-15-16-17-18-19-20-21-22-24-26-28-30-32-42(60)55-37(38(59)31-29-27-25-23-14-12-10-8-6-4-2)36-68-52-48(66)45(63)50(40(34-57)70-52)73-54-49(67)46(64)51(41(35-58)71-54)72-53-47(65)44(62)43(61)39(33-56)69-53/h29,31,37-41,43-54,56-59,61-67H,3-28,30,32-36H2,1-2H3,(H,55,60)/b31-29+. The van der Waals surface area contributed by atoms with E-state index in [1.165, 1.54) is 122 Å². The van der Waals surface area contributed by atoms with Crippen molar-refractivity contribution in [2.45, 2.75) is 298 Å². The van der Waals surface area contributed by atoms with Gasteiger partial charge in [-0.1, -0.05) is 180 Å². The highest BCUT2D eigenvalue weighted by Gasteiger charge is 2.53. The van der Waals surface area contributed by atoms with Crippen LogP contribution < -0.4 is 5.32 Å². The topological polar surface area (TPSA) is 307 Å². The van der Waals surface area contributed by atoms with E-state index in [1.807, 2.05) is 6.08 Å². The van der Waals surface area contributed by atoms with Crippen LogP contribution in [0.3, 0.4) is 0 Å². The molecule has 17 unspecified atom stereocenters. The molecule has 3 aliphatic heterocycles. The molecule has 0 saturated carbocycles. The maximum Gasteiger partial charge on any atom is 0.220 e. The minimum Gasteiger partial charge on any atom is -0.394 e. The molecule has 17 atom stereocenters. The quantitative estimate of drug-likeness (QED) is 0.0306. The number of nitrogens with one attached hydrogen (secondary N) is 1. The second-order valence-corrected chi connectivity index (χ2v) is 20.8. The Morgan fingerprint density at radius 1 is 0.479 bits per heavy atom. The molecule has 0 aromatic carbocycles. The van der Waals surface area contributed by atoms with Crippen LogP contribution in [0.2, 0.25) is 0 Å². The van der Waals surface area contributed by atoms with Crippen LogP contribution in [0.1, 0.15) is 194 Å². The third-order valence-electron chi connectivity index (χ3n) is 14.6. The highest BCUT2D eigenvalue weighted by molar-refractivity contribution is 5.76. The van der Waals surface area contributed by atoms with Crippen LogP contribution in [0.25, 0.3) is 0 Å². The molecule has 1 amide bonds. The van der Waals surface area contributed by atoms with E-state index >= 15 is 0 Å². The lowest BCUT2D eigenvalue weighted by molar-refractivity contribution is -0.379. The molecule has 19 heteroatoms.